The Morgan fingerprint density at radius 3 is 2.80 bits per heavy atom. The summed E-state index contributed by atoms with van der Waals surface area (Å²) in [5, 5.41) is 1.61. The van der Waals surface area contributed by atoms with Gasteiger partial charge in [-0.15, -0.1) is 0 Å². The first-order valence-electron chi connectivity index (χ1n) is 4.37. The highest BCUT2D eigenvalue weighted by Crippen LogP contribution is 2.22. The number of imide groups is 1. The minimum absolute atomic E-state index is 0.234. The summed E-state index contributed by atoms with van der Waals surface area (Å²) in [4.78, 5) is 26.1. The second-order valence-corrected chi connectivity index (χ2v) is 4.35. The van der Waals surface area contributed by atoms with Crippen molar-refractivity contribution in [3.63, 3.8) is 0 Å². The number of nitrogens with one attached hydrogen (secondary N) is 1. The second kappa shape index (κ2) is 3.90. The van der Waals surface area contributed by atoms with Crippen molar-refractivity contribution in [2.45, 2.75) is 11.7 Å². The van der Waals surface area contributed by atoms with Gasteiger partial charge in [-0.2, -0.15) is 0 Å². The van der Waals surface area contributed by atoms with Gasteiger partial charge in [0.25, 0.3) is 5.24 Å². The predicted octanol–water partition coefficient (Wildman–Crippen LogP) is 0.558. The number of amides is 2. The number of hydrogen-bond donors (Lipinski definition) is 2. The molecule has 6 heteroatoms. The van der Waals surface area contributed by atoms with Crippen LogP contribution in [0, 0.1) is 0 Å². The molecule has 2 heterocycles. The van der Waals surface area contributed by atoms with Gasteiger partial charge in [-0.25, -0.2) is 4.98 Å². The first-order chi connectivity index (χ1) is 7.15. The first-order valence-corrected chi connectivity index (χ1v) is 5.25. The van der Waals surface area contributed by atoms with Crippen LogP contribution in [0.5, 0.6) is 0 Å². The van der Waals surface area contributed by atoms with Crippen molar-refractivity contribution in [3.05, 3.63) is 23.9 Å². The van der Waals surface area contributed by atoms with Crippen LogP contribution in [0.3, 0.4) is 0 Å². The van der Waals surface area contributed by atoms with Gasteiger partial charge in [0.2, 0.25) is 5.91 Å². The van der Waals surface area contributed by atoms with Crippen LogP contribution in [0.15, 0.2) is 18.3 Å². The van der Waals surface area contributed by atoms with E-state index >= 15 is 0 Å². The van der Waals surface area contributed by atoms with Crippen LogP contribution in [-0.2, 0) is 11.2 Å². The number of aromatic nitrogens is 1. The Morgan fingerprint density at radius 1 is 1.47 bits per heavy atom. The van der Waals surface area contributed by atoms with Crippen molar-refractivity contribution in [2.75, 3.05) is 5.73 Å². The van der Waals surface area contributed by atoms with Crippen molar-refractivity contribution >= 4 is 28.7 Å². The quantitative estimate of drug-likeness (QED) is 0.765. The molecule has 0 spiro atoms. The van der Waals surface area contributed by atoms with E-state index in [-0.39, 0.29) is 16.4 Å². The lowest BCUT2D eigenvalue weighted by Crippen LogP contribution is -2.25. The zero-order valence-corrected chi connectivity index (χ0v) is 8.58. The molecular formula is C9H9N3O2S. The zero-order valence-electron chi connectivity index (χ0n) is 7.77. The molecule has 2 rings (SSSR count). The Morgan fingerprint density at radius 2 is 2.27 bits per heavy atom. The summed E-state index contributed by atoms with van der Waals surface area (Å²) in [5.41, 5.74) is 6.33. The lowest BCUT2D eigenvalue weighted by Gasteiger charge is -2.04. The highest BCUT2D eigenvalue weighted by molar-refractivity contribution is 8.15. The Balaban J connectivity index is 2.06. The number of nitrogen functional groups attached to an aromatic ring is 1. The summed E-state index contributed by atoms with van der Waals surface area (Å²) in [6, 6.07) is 3.48. The molecule has 0 aliphatic carbocycles. The predicted molar refractivity (Wildman–Crippen MR) is 57.3 cm³/mol. The molecule has 5 nitrogen and oxygen atoms in total. The van der Waals surface area contributed by atoms with Crippen LogP contribution in [0.2, 0.25) is 0 Å². The summed E-state index contributed by atoms with van der Waals surface area (Å²) >= 11 is 1.01. The zero-order chi connectivity index (χ0) is 10.8. The van der Waals surface area contributed by atoms with Gasteiger partial charge in [0.15, 0.2) is 0 Å². The topological polar surface area (TPSA) is 85.1 Å². The third-order valence-corrected chi connectivity index (χ3v) is 3.02. The maximum Gasteiger partial charge on any atom is 0.286 e. The number of nitrogens with two attached hydrogens (primary N) is 1. The van der Waals surface area contributed by atoms with Gasteiger partial charge >= 0.3 is 0 Å². The molecule has 1 saturated heterocycles. The van der Waals surface area contributed by atoms with Gasteiger partial charge in [0.05, 0.1) is 5.25 Å². The molecule has 0 saturated carbocycles. The van der Waals surface area contributed by atoms with E-state index in [1.807, 2.05) is 0 Å². The van der Waals surface area contributed by atoms with Crippen LogP contribution in [0.4, 0.5) is 10.6 Å². The fourth-order valence-corrected chi connectivity index (χ4v) is 2.16. The molecule has 1 atom stereocenters. The van der Waals surface area contributed by atoms with Gasteiger partial charge in [0.1, 0.15) is 5.82 Å². The normalized spacial score (nSPS) is 20.4. The molecule has 0 bridgehead atoms. The molecule has 1 aromatic heterocycles. The molecule has 1 aliphatic rings. The molecule has 2 amide bonds. The van der Waals surface area contributed by atoms with Crippen LogP contribution in [-0.4, -0.2) is 21.4 Å². The Labute approximate surface area is 90.4 Å². The monoisotopic (exact) mass is 223 g/mol. The number of carbonyl (C=O) groups is 2. The summed E-state index contributed by atoms with van der Waals surface area (Å²) in [6.07, 6.45) is 2.11. The molecular weight excluding hydrogens is 214 g/mol. The molecule has 1 aliphatic heterocycles. The van der Waals surface area contributed by atoms with Crippen molar-refractivity contribution < 1.29 is 9.59 Å². The van der Waals surface area contributed by atoms with Gasteiger partial charge < -0.3 is 5.73 Å². The van der Waals surface area contributed by atoms with E-state index in [0.717, 1.165) is 17.3 Å². The van der Waals surface area contributed by atoms with Crippen LogP contribution >= 0.6 is 11.8 Å². The summed E-state index contributed by atoms with van der Waals surface area (Å²) in [5.74, 6) is 0.208. The minimum Gasteiger partial charge on any atom is -0.384 e. The molecule has 0 radical (unpaired) electrons. The Hall–Kier alpha value is -1.56. The van der Waals surface area contributed by atoms with E-state index in [1.165, 1.54) is 0 Å². The molecule has 0 aromatic carbocycles. The average molecular weight is 223 g/mol. The smallest absolute Gasteiger partial charge is 0.286 e. The van der Waals surface area contributed by atoms with Crippen LogP contribution in [0.1, 0.15) is 5.56 Å². The molecule has 1 unspecified atom stereocenters. The first kappa shape index (κ1) is 9.97. The molecule has 1 fully saturated rings. The number of thioether (sulfide) groups is 1. The minimum atomic E-state index is -0.345. The summed E-state index contributed by atoms with van der Waals surface area (Å²) in [7, 11) is 0. The van der Waals surface area contributed by atoms with Gasteiger partial charge in [-0.05, 0) is 18.1 Å². The lowest BCUT2D eigenvalue weighted by atomic mass is 10.1. The average Bonchev–Trinajstić information content (AvgIpc) is 2.49. The third-order valence-electron chi connectivity index (χ3n) is 2.04. The number of hydrogen-bond acceptors (Lipinski definition) is 5. The van der Waals surface area contributed by atoms with E-state index in [2.05, 4.69) is 10.3 Å². The largest absolute Gasteiger partial charge is 0.384 e. The van der Waals surface area contributed by atoms with E-state index in [9.17, 15) is 9.59 Å². The van der Waals surface area contributed by atoms with Gasteiger partial charge in [0, 0.05) is 6.20 Å². The lowest BCUT2D eigenvalue weighted by molar-refractivity contribution is -0.118. The summed E-state index contributed by atoms with van der Waals surface area (Å²) in [6.45, 7) is 0. The van der Waals surface area contributed by atoms with E-state index in [4.69, 9.17) is 5.73 Å². The van der Waals surface area contributed by atoms with Crippen molar-refractivity contribution in [2.24, 2.45) is 0 Å². The van der Waals surface area contributed by atoms with Gasteiger partial charge in [-0.3, -0.25) is 14.9 Å². The molecule has 15 heavy (non-hydrogen) atoms. The SMILES string of the molecule is Nc1ccc(CC2SC(=O)NC2=O)cn1. The molecule has 78 valence electrons. The van der Waals surface area contributed by atoms with Crippen molar-refractivity contribution in [1.29, 1.82) is 0 Å². The fourth-order valence-electron chi connectivity index (χ4n) is 1.30. The number of anilines is 1. The summed E-state index contributed by atoms with van der Waals surface area (Å²) < 4.78 is 0. The van der Waals surface area contributed by atoms with Crippen LogP contribution in [0.25, 0.3) is 0 Å². The Bertz CT molecular complexity index is 404. The second-order valence-electron chi connectivity index (χ2n) is 3.18. The highest BCUT2D eigenvalue weighted by atomic mass is 32.2. The van der Waals surface area contributed by atoms with E-state index in [0.29, 0.717) is 12.2 Å². The van der Waals surface area contributed by atoms with Crippen molar-refractivity contribution in [1.82, 2.24) is 10.3 Å². The standard InChI is InChI=1S/C9H9N3O2S/c10-7-2-1-5(4-11-7)3-6-8(13)12-9(14)15-6/h1-2,4,6H,3H2,(H2,10,11)(H,12,13,14). The number of rotatable bonds is 2. The maximum atomic E-state index is 11.3. The fraction of sp³-hybridized carbons (Fsp3) is 0.222. The van der Waals surface area contributed by atoms with Crippen LogP contribution < -0.4 is 11.1 Å². The highest BCUT2D eigenvalue weighted by Gasteiger charge is 2.31. The molecule has 3 N–H and O–H groups in total. The van der Waals surface area contributed by atoms with E-state index in [1.54, 1.807) is 18.3 Å². The van der Waals surface area contributed by atoms with E-state index < -0.39 is 0 Å². The Kier molecular flexibility index (Phi) is 2.59. The number of nitrogens with zero attached hydrogens (tertiary/aromatic N) is 1. The van der Waals surface area contributed by atoms with Crippen molar-refractivity contribution in [3.8, 4) is 0 Å². The number of pyridine rings is 1. The third kappa shape index (κ3) is 2.27. The maximum absolute atomic E-state index is 11.3. The molecule has 1 aromatic rings. The number of carbonyl (C=O) groups excluding carboxylic acids is 2. The van der Waals surface area contributed by atoms with Gasteiger partial charge in [-0.1, -0.05) is 17.8 Å².